The van der Waals surface area contributed by atoms with Gasteiger partial charge in [-0.05, 0) is 30.3 Å². The van der Waals surface area contributed by atoms with Crippen LogP contribution in [0.5, 0.6) is 0 Å². The van der Waals surface area contributed by atoms with Crippen molar-refractivity contribution in [2.24, 2.45) is 0 Å². The second-order valence-corrected chi connectivity index (χ2v) is 5.71. The topological polar surface area (TPSA) is 65.4 Å². The average molecular weight is 302 g/mol. The quantitative estimate of drug-likeness (QED) is 0.602. The molecule has 4 nitrogen and oxygen atoms in total. The molecule has 0 saturated heterocycles. The predicted molar refractivity (Wildman–Crippen MR) is 87.4 cm³/mol. The number of fused-ring (bicyclic) bond motifs is 1. The van der Waals surface area contributed by atoms with Crippen LogP contribution >= 0.6 is 11.3 Å². The zero-order valence-electron chi connectivity index (χ0n) is 11.4. The van der Waals surface area contributed by atoms with Gasteiger partial charge in [0.1, 0.15) is 5.01 Å². The third kappa shape index (κ3) is 2.07. The highest BCUT2D eigenvalue weighted by Gasteiger charge is 2.11. The van der Waals surface area contributed by atoms with Gasteiger partial charge in [0.25, 0.3) is 0 Å². The van der Waals surface area contributed by atoms with E-state index in [1.807, 2.05) is 48.1 Å². The Kier molecular flexibility index (Phi) is 2.95. The number of hydrogen-bond acceptors (Lipinski definition) is 4. The minimum atomic E-state index is 0.650. The molecule has 0 aliphatic heterocycles. The van der Waals surface area contributed by atoms with Crippen molar-refractivity contribution in [2.45, 2.75) is 0 Å². The molecular weight excluding hydrogens is 292 g/mol. The predicted octanol–water partition coefficient (Wildman–Crippen LogP) is 4.23. The third-order valence-electron chi connectivity index (χ3n) is 3.50. The molecular formula is C17H10N4S. The molecule has 104 valence electrons. The Bertz CT molecular complexity index is 992. The zero-order chi connectivity index (χ0) is 14.9. The molecule has 0 radical (unpaired) electrons. The largest absolute Gasteiger partial charge is 0.360 e. The number of H-pyrrole nitrogens is 1. The van der Waals surface area contributed by atoms with Crippen LogP contribution in [0.3, 0.4) is 0 Å². The summed E-state index contributed by atoms with van der Waals surface area (Å²) in [5, 5.41) is 13.0. The Morgan fingerprint density at radius 3 is 3.00 bits per heavy atom. The van der Waals surface area contributed by atoms with Crippen LogP contribution < -0.4 is 0 Å². The van der Waals surface area contributed by atoms with E-state index in [1.165, 1.54) is 0 Å². The van der Waals surface area contributed by atoms with Crippen LogP contribution in [-0.4, -0.2) is 15.0 Å². The standard InChI is InChI=1S/C17H10N4S/c18-7-11-3-4-15-13(6-11)14(9-20-15)17-21-16(10-22-17)12-2-1-5-19-8-12/h1-6,8-10,20H. The summed E-state index contributed by atoms with van der Waals surface area (Å²) in [6, 6.07) is 11.7. The Balaban J connectivity index is 1.83. The van der Waals surface area contributed by atoms with E-state index in [2.05, 4.69) is 16.0 Å². The molecule has 1 N–H and O–H groups in total. The number of benzene rings is 1. The number of nitrogens with one attached hydrogen (secondary N) is 1. The van der Waals surface area contributed by atoms with Crippen molar-refractivity contribution in [1.29, 1.82) is 5.26 Å². The molecule has 3 heterocycles. The third-order valence-corrected chi connectivity index (χ3v) is 4.38. The van der Waals surface area contributed by atoms with E-state index in [0.29, 0.717) is 5.56 Å². The van der Waals surface area contributed by atoms with E-state index in [1.54, 1.807) is 17.5 Å². The minimum absolute atomic E-state index is 0.650. The van der Waals surface area contributed by atoms with Crippen molar-refractivity contribution in [2.75, 3.05) is 0 Å². The van der Waals surface area contributed by atoms with Crippen LogP contribution in [0.4, 0.5) is 0 Å². The van der Waals surface area contributed by atoms with Gasteiger partial charge in [-0.3, -0.25) is 4.98 Å². The van der Waals surface area contributed by atoms with E-state index in [9.17, 15) is 0 Å². The molecule has 0 bridgehead atoms. The van der Waals surface area contributed by atoms with E-state index in [4.69, 9.17) is 10.2 Å². The van der Waals surface area contributed by atoms with Crippen molar-refractivity contribution in [3.8, 4) is 27.9 Å². The van der Waals surface area contributed by atoms with Crippen molar-refractivity contribution in [1.82, 2.24) is 15.0 Å². The summed E-state index contributed by atoms with van der Waals surface area (Å²) in [4.78, 5) is 12.1. The van der Waals surface area contributed by atoms with Gasteiger partial charge in [0.2, 0.25) is 0 Å². The fraction of sp³-hybridized carbons (Fsp3) is 0. The van der Waals surface area contributed by atoms with Gasteiger partial charge in [-0.1, -0.05) is 0 Å². The Labute approximate surface area is 130 Å². The summed E-state index contributed by atoms with van der Waals surface area (Å²) >= 11 is 1.59. The van der Waals surface area contributed by atoms with Crippen LogP contribution in [0.25, 0.3) is 32.7 Å². The first kappa shape index (κ1) is 12.7. The molecule has 0 fully saturated rings. The summed E-state index contributed by atoms with van der Waals surface area (Å²) in [6.07, 6.45) is 5.50. The molecule has 0 saturated carbocycles. The van der Waals surface area contributed by atoms with Crippen LogP contribution in [0.2, 0.25) is 0 Å². The highest BCUT2D eigenvalue weighted by Crippen LogP contribution is 2.33. The second-order valence-electron chi connectivity index (χ2n) is 4.85. The van der Waals surface area contributed by atoms with Crippen LogP contribution in [0.15, 0.2) is 54.3 Å². The normalized spacial score (nSPS) is 10.7. The first-order chi connectivity index (χ1) is 10.8. The highest BCUT2D eigenvalue weighted by atomic mass is 32.1. The highest BCUT2D eigenvalue weighted by molar-refractivity contribution is 7.13. The van der Waals surface area contributed by atoms with Gasteiger partial charge in [-0.2, -0.15) is 5.26 Å². The number of rotatable bonds is 2. The Morgan fingerprint density at radius 2 is 2.18 bits per heavy atom. The van der Waals surface area contributed by atoms with Crippen molar-refractivity contribution in [3.63, 3.8) is 0 Å². The average Bonchev–Trinajstić information content (AvgIpc) is 3.21. The van der Waals surface area contributed by atoms with Gasteiger partial charge in [0.05, 0.1) is 17.3 Å². The fourth-order valence-electron chi connectivity index (χ4n) is 2.41. The molecule has 0 atom stereocenters. The lowest BCUT2D eigenvalue weighted by Crippen LogP contribution is -1.80. The molecule has 4 aromatic rings. The van der Waals surface area contributed by atoms with Crippen molar-refractivity contribution < 1.29 is 0 Å². The second kappa shape index (κ2) is 5.10. The van der Waals surface area contributed by atoms with Crippen molar-refractivity contribution in [3.05, 3.63) is 59.9 Å². The Hall–Kier alpha value is -2.97. The summed E-state index contributed by atoms with van der Waals surface area (Å²) in [6.45, 7) is 0. The van der Waals surface area contributed by atoms with E-state index in [-0.39, 0.29) is 0 Å². The summed E-state index contributed by atoms with van der Waals surface area (Å²) in [5.41, 5.74) is 4.60. The molecule has 1 aromatic carbocycles. The number of thiazole rings is 1. The van der Waals surface area contributed by atoms with Crippen LogP contribution in [0.1, 0.15) is 5.56 Å². The molecule has 0 aliphatic carbocycles. The maximum absolute atomic E-state index is 9.07. The zero-order valence-corrected chi connectivity index (χ0v) is 12.3. The van der Waals surface area contributed by atoms with Gasteiger partial charge in [-0.15, -0.1) is 11.3 Å². The Morgan fingerprint density at radius 1 is 1.23 bits per heavy atom. The molecule has 0 aliphatic rings. The molecule has 22 heavy (non-hydrogen) atoms. The smallest absolute Gasteiger partial charge is 0.126 e. The SMILES string of the molecule is N#Cc1ccc2[nH]cc(-c3nc(-c4cccnc4)cs3)c2c1. The minimum Gasteiger partial charge on any atom is -0.360 e. The van der Waals surface area contributed by atoms with Gasteiger partial charge in [0, 0.05) is 46.0 Å². The van der Waals surface area contributed by atoms with Gasteiger partial charge in [0.15, 0.2) is 0 Å². The first-order valence-corrected chi connectivity index (χ1v) is 7.60. The van der Waals surface area contributed by atoms with E-state index in [0.717, 1.165) is 32.7 Å². The monoisotopic (exact) mass is 302 g/mol. The fourth-order valence-corrected chi connectivity index (χ4v) is 3.27. The van der Waals surface area contributed by atoms with Gasteiger partial charge < -0.3 is 4.98 Å². The number of nitrogens with zero attached hydrogens (tertiary/aromatic N) is 3. The summed E-state index contributed by atoms with van der Waals surface area (Å²) < 4.78 is 0. The van der Waals surface area contributed by atoms with Gasteiger partial charge in [-0.25, -0.2) is 4.98 Å². The summed E-state index contributed by atoms with van der Waals surface area (Å²) in [5.74, 6) is 0. The van der Waals surface area contributed by atoms with Gasteiger partial charge >= 0.3 is 0 Å². The van der Waals surface area contributed by atoms with Crippen LogP contribution in [0, 0.1) is 11.3 Å². The molecule has 3 aromatic heterocycles. The van der Waals surface area contributed by atoms with E-state index >= 15 is 0 Å². The molecule has 0 unspecified atom stereocenters. The molecule has 0 amide bonds. The number of pyridine rings is 1. The van der Waals surface area contributed by atoms with Crippen LogP contribution in [-0.2, 0) is 0 Å². The lowest BCUT2D eigenvalue weighted by molar-refractivity contribution is 1.31. The lowest BCUT2D eigenvalue weighted by atomic mass is 10.1. The maximum Gasteiger partial charge on any atom is 0.126 e. The maximum atomic E-state index is 9.07. The number of hydrogen-bond donors (Lipinski definition) is 1. The molecule has 5 heteroatoms. The summed E-state index contributed by atoms with van der Waals surface area (Å²) in [7, 11) is 0. The van der Waals surface area contributed by atoms with E-state index < -0.39 is 0 Å². The first-order valence-electron chi connectivity index (χ1n) is 6.73. The lowest BCUT2D eigenvalue weighted by Gasteiger charge is -1.96. The van der Waals surface area contributed by atoms with Crippen molar-refractivity contribution >= 4 is 22.2 Å². The number of nitriles is 1. The molecule has 4 rings (SSSR count). The number of aromatic nitrogens is 3. The number of aromatic amines is 1. The molecule has 0 spiro atoms.